The fourth-order valence-electron chi connectivity index (χ4n) is 3.65. The Morgan fingerprint density at radius 2 is 1.90 bits per heavy atom. The number of hydrogen-bond acceptors (Lipinski definition) is 7. The second kappa shape index (κ2) is 7.94. The quantitative estimate of drug-likeness (QED) is 0.622. The topological polar surface area (TPSA) is 87.4 Å². The number of carbonyl (C=O) groups excluding carboxylic acids is 2. The number of halogens is 1. The number of anilines is 1. The summed E-state index contributed by atoms with van der Waals surface area (Å²) in [5, 5.41) is 2.71. The summed E-state index contributed by atoms with van der Waals surface area (Å²) in [5.74, 6) is -1.74. The first kappa shape index (κ1) is 19.0. The van der Waals surface area contributed by atoms with Crippen molar-refractivity contribution >= 4 is 23.5 Å². The number of piperazine rings is 1. The lowest BCUT2D eigenvalue weighted by molar-refractivity contribution is -0.151. The molecule has 3 heterocycles. The Morgan fingerprint density at radius 1 is 1.17 bits per heavy atom. The van der Waals surface area contributed by atoms with Crippen LogP contribution in [0, 0.1) is 11.7 Å². The van der Waals surface area contributed by atoms with Gasteiger partial charge in [0.25, 0.3) is 0 Å². The number of carbonyl (C=O) groups is 2. The van der Waals surface area contributed by atoms with Crippen molar-refractivity contribution in [2.24, 2.45) is 10.9 Å². The lowest BCUT2D eigenvalue weighted by Gasteiger charge is -2.39. The number of nitrogens with one attached hydrogen (secondary N) is 1. The fraction of sp³-hybridized carbons (Fsp3) is 0.350. The van der Waals surface area contributed by atoms with Crippen LogP contribution >= 0.6 is 0 Å². The van der Waals surface area contributed by atoms with Gasteiger partial charge >= 0.3 is 5.97 Å². The van der Waals surface area contributed by atoms with Gasteiger partial charge in [-0.15, -0.1) is 0 Å². The molecule has 1 N–H and O–H groups in total. The molecule has 1 aromatic heterocycles. The fourth-order valence-corrected chi connectivity index (χ4v) is 3.65. The van der Waals surface area contributed by atoms with E-state index in [9.17, 15) is 14.0 Å². The van der Waals surface area contributed by atoms with E-state index >= 15 is 0 Å². The molecule has 2 aliphatic rings. The Morgan fingerprint density at radius 3 is 2.55 bits per heavy atom. The first-order valence-electron chi connectivity index (χ1n) is 9.33. The minimum Gasteiger partial charge on any atom is -0.468 e. The molecular formula is C20H21FN4O4. The largest absolute Gasteiger partial charge is 0.468 e. The summed E-state index contributed by atoms with van der Waals surface area (Å²) in [6.07, 6.45) is 1.47. The van der Waals surface area contributed by atoms with Crippen LogP contribution in [0.4, 0.5) is 10.1 Å². The van der Waals surface area contributed by atoms with E-state index in [4.69, 9.17) is 9.15 Å². The summed E-state index contributed by atoms with van der Waals surface area (Å²) in [5.41, 5.74) is 0.556. The van der Waals surface area contributed by atoms with Crippen molar-refractivity contribution in [2.75, 3.05) is 38.2 Å². The highest BCUT2D eigenvalue weighted by Crippen LogP contribution is 2.31. The van der Waals surface area contributed by atoms with Crippen molar-refractivity contribution in [3.05, 3.63) is 54.2 Å². The number of benzene rings is 1. The summed E-state index contributed by atoms with van der Waals surface area (Å²) in [7, 11) is 1.23. The van der Waals surface area contributed by atoms with E-state index in [1.165, 1.54) is 19.4 Å². The maximum absolute atomic E-state index is 14.0. The molecule has 0 spiro atoms. The van der Waals surface area contributed by atoms with Gasteiger partial charge in [0, 0.05) is 26.2 Å². The molecule has 0 radical (unpaired) electrons. The molecule has 2 aromatic rings. The van der Waals surface area contributed by atoms with Gasteiger partial charge in [-0.3, -0.25) is 14.9 Å². The first-order chi connectivity index (χ1) is 14.1. The number of guanidine groups is 1. The highest BCUT2D eigenvalue weighted by atomic mass is 19.1. The Bertz CT molecular complexity index is 922. The number of aliphatic imine (C=N–C) groups is 1. The van der Waals surface area contributed by atoms with Crippen LogP contribution in [0.15, 0.2) is 52.1 Å². The van der Waals surface area contributed by atoms with Crippen LogP contribution < -0.4 is 10.2 Å². The molecule has 2 aliphatic heterocycles. The van der Waals surface area contributed by atoms with Crippen LogP contribution in [0.5, 0.6) is 0 Å². The van der Waals surface area contributed by atoms with Gasteiger partial charge in [0.15, 0.2) is 5.92 Å². The number of hydrogen-bond donors (Lipinski definition) is 1. The molecular weight excluding hydrogens is 379 g/mol. The van der Waals surface area contributed by atoms with Crippen LogP contribution in [0.25, 0.3) is 0 Å². The van der Waals surface area contributed by atoms with E-state index in [2.05, 4.69) is 10.3 Å². The maximum Gasteiger partial charge on any atom is 0.320 e. The number of furan rings is 1. The average Bonchev–Trinajstić information content (AvgIpc) is 3.28. The third kappa shape index (κ3) is 3.67. The van der Waals surface area contributed by atoms with Gasteiger partial charge in [0.1, 0.15) is 17.6 Å². The van der Waals surface area contributed by atoms with Gasteiger partial charge in [-0.1, -0.05) is 12.1 Å². The van der Waals surface area contributed by atoms with Gasteiger partial charge in [-0.05, 0) is 24.3 Å². The van der Waals surface area contributed by atoms with Crippen LogP contribution in [0.3, 0.4) is 0 Å². The predicted octanol–water partition coefficient (Wildman–Crippen LogP) is 1.56. The molecule has 29 heavy (non-hydrogen) atoms. The standard InChI is InChI=1S/C20H21FN4O4/c1-28-19(27)16-17(15-7-4-12-29-15)22-20(23-18(16)26)25-10-8-24(9-11-25)14-6-3-2-5-13(14)21/h2-7,12,16-17H,8-11H2,1H3,(H,22,23,26)/t16-,17-/m0/s1. The second-order valence-electron chi connectivity index (χ2n) is 6.83. The monoisotopic (exact) mass is 400 g/mol. The van der Waals surface area contributed by atoms with Crippen molar-refractivity contribution < 1.29 is 23.1 Å². The number of rotatable bonds is 3. The van der Waals surface area contributed by atoms with Crippen LogP contribution in [-0.4, -0.2) is 56.0 Å². The summed E-state index contributed by atoms with van der Waals surface area (Å²) >= 11 is 0. The molecule has 0 unspecified atom stereocenters. The third-order valence-corrected chi connectivity index (χ3v) is 5.16. The number of ether oxygens (including phenoxy) is 1. The van der Waals surface area contributed by atoms with E-state index in [0.29, 0.717) is 43.6 Å². The first-order valence-corrected chi connectivity index (χ1v) is 9.33. The van der Waals surface area contributed by atoms with Crippen molar-refractivity contribution in [3.63, 3.8) is 0 Å². The molecule has 152 valence electrons. The van der Waals surface area contributed by atoms with Crippen molar-refractivity contribution in [3.8, 4) is 0 Å². The molecule has 1 fully saturated rings. The Labute approximate surface area is 166 Å². The SMILES string of the molecule is COC(=O)[C@@H]1C(=O)NC(N2CCN(c3ccccc3F)CC2)=N[C@H]1c1ccco1. The number of nitrogens with zero attached hydrogens (tertiary/aromatic N) is 3. The third-order valence-electron chi connectivity index (χ3n) is 5.16. The van der Waals surface area contributed by atoms with Gasteiger partial charge in [-0.25, -0.2) is 9.38 Å². The van der Waals surface area contributed by atoms with E-state index in [0.717, 1.165) is 0 Å². The predicted molar refractivity (Wildman–Crippen MR) is 103 cm³/mol. The van der Waals surface area contributed by atoms with Gasteiger partial charge < -0.3 is 19.0 Å². The molecule has 1 saturated heterocycles. The van der Waals surface area contributed by atoms with Crippen LogP contribution in [0.1, 0.15) is 11.8 Å². The van der Waals surface area contributed by atoms with Crippen molar-refractivity contribution in [2.45, 2.75) is 6.04 Å². The normalized spacial score (nSPS) is 22.1. The lowest BCUT2D eigenvalue weighted by Crippen LogP contribution is -2.57. The Hall–Kier alpha value is -3.36. The molecule has 2 atom stereocenters. The zero-order valence-corrected chi connectivity index (χ0v) is 15.9. The van der Waals surface area contributed by atoms with Gasteiger partial charge in [-0.2, -0.15) is 0 Å². The van der Waals surface area contributed by atoms with E-state index < -0.39 is 23.8 Å². The molecule has 9 heteroatoms. The number of methoxy groups -OCH3 is 1. The van der Waals surface area contributed by atoms with Crippen molar-refractivity contribution in [1.29, 1.82) is 0 Å². The summed E-state index contributed by atoms with van der Waals surface area (Å²) in [4.78, 5) is 33.3. The highest BCUT2D eigenvalue weighted by Gasteiger charge is 2.43. The molecule has 1 amide bonds. The van der Waals surface area contributed by atoms with E-state index in [1.54, 1.807) is 30.3 Å². The zero-order chi connectivity index (χ0) is 20.4. The number of para-hydroxylation sites is 1. The lowest BCUT2D eigenvalue weighted by atomic mass is 9.95. The number of esters is 1. The Balaban J connectivity index is 1.53. The average molecular weight is 400 g/mol. The smallest absolute Gasteiger partial charge is 0.320 e. The van der Waals surface area contributed by atoms with E-state index in [-0.39, 0.29) is 5.82 Å². The number of amides is 1. The van der Waals surface area contributed by atoms with Crippen molar-refractivity contribution in [1.82, 2.24) is 10.2 Å². The maximum atomic E-state index is 14.0. The molecule has 1 aromatic carbocycles. The summed E-state index contributed by atoms with van der Waals surface area (Å²) in [6.45, 7) is 2.23. The molecule has 4 rings (SSSR count). The molecule has 0 saturated carbocycles. The van der Waals surface area contributed by atoms with E-state index in [1.807, 2.05) is 9.80 Å². The van der Waals surface area contributed by atoms with Gasteiger partial charge in [0.05, 0.1) is 19.1 Å². The summed E-state index contributed by atoms with van der Waals surface area (Å²) in [6, 6.07) is 9.21. The second-order valence-corrected chi connectivity index (χ2v) is 6.83. The summed E-state index contributed by atoms with van der Waals surface area (Å²) < 4.78 is 24.2. The minimum atomic E-state index is -1.12. The molecule has 0 aliphatic carbocycles. The highest BCUT2D eigenvalue weighted by molar-refractivity contribution is 6.08. The molecule has 8 nitrogen and oxygen atoms in total. The Kier molecular flexibility index (Phi) is 5.20. The molecule has 0 bridgehead atoms. The minimum absolute atomic E-state index is 0.261. The van der Waals surface area contributed by atoms with Crippen LogP contribution in [0.2, 0.25) is 0 Å². The van der Waals surface area contributed by atoms with Crippen LogP contribution in [-0.2, 0) is 14.3 Å². The zero-order valence-electron chi connectivity index (χ0n) is 15.9. The van der Waals surface area contributed by atoms with Gasteiger partial charge in [0.2, 0.25) is 11.9 Å².